The molecule has 1 aliphatic rings. The number of carbonyl (C=O) groups is 1. The molecule has 116 valence electrons. The van der Waals surface area contributed by atoms with Crippen molar-refractivity contribution < 1.29 is 19.0 Å². The summed E-state index contributed by atoms with van der Waals surface area (Å²) in [6.45, 7) is 1.71. The number of amides is 1. The average Bonchev–Trinajstić information content (AvgIpc) is 2.61. The maximum atomic E-state index is 12.8. The van der Waals surface area contributed by atoms with Crippen LogP contribution in [0.5, 0.6) is 5.75 Å². The minimum absolute atomic E-state index is 0.156. The Kier molecular flexibility index (Phi) is 5.14. The molecule has 0 radical (unpaired) electrons. The number of nitrogens with zero attached hydrogens (tertiary/aromatic N) is 1. The second kappa shape index (κ2) is 6.87. The molecular weight excluding hydrogens is 275 g/mol. The fourth-order valence-electron chi connectivity index (χ4n) is 2.51. The van der Waals surface area contributed by atoms with Crippen molar-refractivity contribution in [2.45, 2.75) is 24.9 Å². The summed E-state index contributed by atoms with van der Waals surface area (Å²) in [7, 11) is 0. The molecule has 1 atom stereocenters. The van der Waals surface area contributed by atoms with Gasteiger partial charge in [0, 0.05) is 6.54 Å². The quantitative estimate of drug-likeness (QED) is 0.847. The molecule has 21 heavy (non-hydrogen) atoms. The van der Waals surface area contributed by atoms with Crippen LogP contribution in [0.1, 0.15) is 19.3 Å². The molecule has 1 aromatic rings. The molecular formula is C15H21FN2O3. The SMILES string of the molecule is NC(=O)CN1CCCC(O)(COc2ccc(F)cc2)CC1. The van der Waals surface area contributed by atoms with Crippen LogP contribution in [0, 0.1) is 5.82 Å². The Labute approximate surface area is 123 Å². The van der Waals surface area contributed by atoms with E-state index in [2.05, 4.69) is 0 Å². The highest BCUT2D eigenvalue weighted by atomic mass is 19.1. The van der Waals surface area contributed by atoms with Gasteiger partial charge >= 0.3 is 0 Å². The first-order valence-electron chi connectivity index (χ1n) is 7.08. The topological polar surface area (TPSA) is 75.8 Å². The number of nitrogens with two attached hydrogens (primary N) is 1. The molecule has 1 amide bonds. The summed E-state index contributed by atoms with van der Waals surface area (Å²) in [5.41, 5.74) is 4.26. The minimum Gasteiger partial charge on any atom is -0.491 e. The number of rotatable bonds is 5. The minimum atomic E-state index is -0.930. The Morgan fingerprint density at radius 3 is 2.71 bits per heavy atom. The lowest BCUT2D eigenvalue weighted by atomic mass is 9.96. The molecule has 1 unspecified atom stereocenters. The largest absolute Gasteiger partial charge is 0.491 e. The van der Waals surface area contributed by atoms with Crippen molar-refractivity contribution in [1.82, 2.24) is 4.90 Å². The molecule has 0 aromatic heterocycles. The number of ether oxygens (including phenoxy) is 1. The second-order valence-electron chi connectivity index (χ2n) is 5.56. The summed E-state index contributed by atoms with van der Waals surface area (Å²) < 4.78 is 18.4. The molecule has 1 heterocycles. The Morgan fingerprint density at radius 1 is 1.33 bits per heavy atom. The molecule has 3 N–H and O–H groups in total. The van der Waals surface area contributed by atoms with Gasteiger partial charge in [-0.25, -0.2) is 4.39 Å². The Balaban J connectivity index is 1.87. The van der Waals surface area contributed by atoms with Crippen LogP contribution in [-0.4, -0.2) is 47.8 Å². The van der Waals surface area contributed by atoms with Gasteiger partial charge in [-0.3, -0.25) is 9.69 Å². The van der Waals surface area contributed by atoms with E-state index in [1.165, 1.54) is 24.3 Å². The number of halogens is 1. The molecule has 5 nitrogen and oxygen atoms in total. The highest BCUT2D eigenvalue weighted by Crippen LogP contribution is 2.24. The predicted octanol–water partition coefficient (Wildman–Crippen LogP) is 0.907. The maximum Gasteiger partial charge on any atom is 0.231 e. The number of aliphatic hydroxyl groups is 1. The number of likely N-dealkylation sites (tertiary alicyclic amines) is 1. The van der Waals surface area contributed by atoms with Gasteiger partial charge in [0.25, 0.3) is 0 Å². The van der Waals surface area contributed by atoms with E-state index < -0.39 is 5.60 Å². The smallest absolute Gasteiger partial charge is 0.231 e. The summed E-state index contributed by atoms with van der Waals surface area (Å²) in [6.07, 6.45) is 1.89. The Morgan fingerprint density at radius 2 is 2.05 bits per heavy atom. The van der Waals surface area contributed by atoms with E-state index in [1.54, 1.807) is 0 Å². The third kappa shape index (κ3) is 4.99. The molecule has 1 aliphatic heterocycles. The fraction of sp³-hybridized carbons (Fsp3) is 0.533. The number of carbonyl (C=O) groups excluding carboxylic acids is 1. The zero-order chi connectivity index (χ0) is 15.3. The van der Waals surface area contributed by atoms with E-state index in [0.29, 0.717) is 25.1 Å². The van der Waals surface area contributed by atoms with Crippen LogP contribution in [0.25, 0.3) is 0 Å². The normalized spacial score (nSPS) is 23.5. The molecule has 0 spiro atoms. The average molecular weight is 296 g/mol. The van der Waals surface area contributed by atoms with Crippen LogP contribution in [0.2, 0.25) is 0 Å². The van der Waals surface area contributed by atoms with Gasteiger partial charge in [0.2, 0.25) is 5.91 Å². The molecule has 1 aromatic carbocycles. The van der Waals surface area contributed by atoms with Gasteiger partial charge in [0.05, 0.1) is 12.1 Å². The Hall–Kier alpha value is -1.66. The monoisotopic (exact) mass is 296 g/mol. The molecule has 6 heteroatoms. The highest BCUT2D eigenvalue weighted by molar-refractivity contribution is 5.75. The van der Waals surface area contributed by atoms with Crippen LogP contribution in [-0.2, 0) is 4.79 Å². The van der Waals surface area contributed by atoms with Crippen molar-refractivity contribution >= 4 is 5.91 Å². The van der Waals surface area contributed by atoms with Crippen molar-refractivity contribution in [1.29, 1.82) is 0 Å². The second-order valence-corrected chi connectivity index (χ2v) is 5.56. The lowest BCUT2D eigenvalue weighted by Crippen LogP contribution is -2.38. The number of benzene rings is 1. The van der Waals surface area contributed by atoms with Crippen molar-refractivity contribution in [2.24, 2.45) is 5.73 Å². The zero-order valence-electron chi connectivity index (χ0n) is 11.9. The van der Waals surface area contributed by atoms with Crippen LogP contribution in [0.4, 0.5) is 4.39 Å². The van der Waals surface area contributed by atoms with E-state index in [1.807, 2.05) is 4.90 Å². The fourth-order valence-corrected chi connectivity index (χ4v) is 2.51. The van der Waals surface area contributed by atoms with Crippen LogP contribution in [0.15, 0.2) is 24.3 Å². The summed E-state index contributed by atoms with van der Waals surface area (Å²) in [6, 6.07) is 5.71. The van der Waals surface area contributed by atoms with Gasteiger partial charge < -0.3 is 15.6 Å². The van der Waals surface area contributed by atoms with E-state index >= 15 is 0 Å². The van der Waals surface area contributed by atoms with Gasteiger partial charge in [0.15, 0.2) is 0 Å². The van der Waals surface area contributed by atoms with E-state index in [9.17, 15) is 14.3 Å². The number of hydrogen-bond donors (Lipinski definition) is 2. The molecule has 0 saturated carbocycles. The van der Waals surface area contributed by atoms with Gasteiger partial charge in [-0.1, -0.05) is 0 Å². The van der Waals surface area contributed by atoms with Gasteiger partial charge in [-0.2, -0.15) is 0 Å². The molecule has 1 saturated heterocycles. The number of primary amides is 1. The van der Waals surface area contributed by atoms with Crippen LogP contribution >= 0.6 is 0 Å². The first-order valence-corrected chi connectivity index (χ1v) is 7.08. The Bertz CT molecular complexity index is 480. The van der Waals surface area contributed by atoms with Crippen molar-refractivity contribution in [3.8, 4) is 5.75 Å². The van der Waals surface area contributed by atoms with Gasteiger partial charge in [-0.15, -0.1) is 0 Å². The van der Waals surface area contributed by atoms with Crippen molar-refractivity contribution in [3.05, 3.63) is 30.1 Å². The third-order valence-corrected chi connectivity index (χ3v) is 3.71. The van der Waals surface area contributed by atoms with E-state index in [-0.39, 0.29) is 24.9 Å². The summed E-state index contributed by atoms with van der Waals surface area (Å²) >= 11 is 0. The van der Waals surface area contributed by atoms with E-state index in [0.717, 1.165) is 13.0 Å². The third-order valence-electron chi connectivity index (χ3n) is 3.71. The summed E-state index contributed by atoms with van der Waals surface area (Å²) in [4.78, 5) is 12.9. The van der Waals surface area contributed by atoms with Crippen LogP contribution < -0.4 is 10.5 Å². The lowest BCUT2D eigenvalue weighted by Gasteiger charge is -2.26. The van der Waals surface area contributed by atoms with Crippen molar-refractivity contribution in [3.63, 3.8) is 0 Å². The van der Waals surface area contributed by atoms with Crippen molar-refractivity contribution in [2.75, 3.05) is 26.2 Å². The molecule has 1 fully saturated rings. The predicted molar refractivity (Wildman–Crippen MR) is 76.3 cm³/mol. The first kappa shape index (κ1) is 15.7. The van der Waals surface area contributed by atoms with Gasteiger partial charge in [-0.05, 0) is 50.1 Å². The first-order chi connectivity index (χ1) is 9.97. The standard InChI is InChI=1S/C15H21FN2O3/c16-12-2-4-13(5-3-12)21-11-15(20)6-1-8-18(9-7-15)10-14(17)19/h2-5,20H,1,6-11H2,(H2,17,19). The van der Waals surface area contributed by atoms with Crippen LogP contribution in [0.3, 0.4) is 0 Å². The van der Waals surface area contributed by atoms with Gasteiger partial charge in [0.1, 0.15) is 18.2 Å². The summed E-state index contributed by atoms with van der Waals surface area (Å²) in [5.74, 6) is -0.149. The molecule has 0 bridgehead atoms. The summed E-state index contributed by atoms with van der Waals surface area (Å²) in [5, 5.41) is 10.6. The van der Waals surface area contributed by atoms with E-state index in [4.69, 9.17) is 10.5 Å². The maximum absolute atomic E-state index is 12.8. The highest BCUT2D eigenvalue weighted by Gasteiger charge is 2.31. The zero-order valence-corrected chi connectivity index (χ0v) is 11.9. The molecule has 2 rings (SSSR count). The number of hydrogen-bond acceptors (Lipinski definition) is 4. The lowest BCUT2D eigenvalue weighted by molar-refractivity contribution is -0.119. The molecule has 0 aliphatic carbocycles.